The standard InChI is InChI=1S/C14H18N6S/c15-13(18-11-12-2-1-3-16-10-12)19-5-7-20(8-6-19)14-17-4-9-21-14/h1-4,9-10H,5-8,11H2,(H2,15,18). The van der Waals surface area contributed by atoms with Crippen molar-refractivity contribution in [2.45, 2.75) is 6.54 Å². The number of pyridine rings is 1. The van der Waals surface area contributed by atoms with Crippen LogP contribution < -0.4 is 10.6 Å². The number of hydrogen-bond donors (Lipinski definition) is 1. The maximum absolute atomic E-state index is 6.08. The molecule has 21 heavy (non-hydrogen) atoms. The molecule has 3 heterocycles. The second-order valence-electron chi connectivity index (χ2n) is 4.82. The lowest BCUT2D eigenvalue weighted by atomic mass is 10.3. The Morgan fingerprint density at radius 3 is 2.81 bits per heavy atom. The number of piperazine rings is 1. The van der Waals surface area contributed by atoms with Gasteiger partial charge in [0.15, 0.2) is 11.1 Å². The van der Waals surface area contributed by atoms with Crippen LogP contribution in [0.2, 0.25) is 0 Å². The van der Waals surface area contributed by atoms with Gasteiger partial charge in [0.1, 0.15) is 0 Å². The van der Waals surface area contributed by atoms with E-state index in [1.54, 1.807) is 17.5 Å². The second kappa shape index (κ2) is 6.53. The van der Waals surface area contributed by atoms with Gasteiger partial charge in [-0.3, -0.25) is 4.98 Å². The molecule has 0 aromatic carbocycles. The van der Waals surface area contributed by atoms with E-state index in [-0.39, 0.29) is 0 Å². The molecule has 110 valence electrons. The highest BCUT2D eigenvalue weighted by Gasteiger charge is 2.19. The number of hydrogen-bond acceptors (Lipinski definition) is 5. The summed E-state index contributed by atoms with van der Waals surface area (Å²) >= 11 is 1.67. The monoisotopic (exact) mass is 302 g/mol. The zero-order chi connectivity index (χ0) is 14.5. The molecule has 0 saturated carbocycles. The van der Waals surface area contributed by atoms with E-state index in [4.69, 9.17) is 5.73 Å². The van der Waals surface area contributed by atoms with Crippen LogP contribution in [0.15, 0.2) is 41.1 Å². The molecule has 0 aliphatic carbocycles. The van der Waals surface area contributed by atoms with Gasteiger partial charge in [-0.15, -0.1) is 11.3 Å². The third-order valence-corrected chi connectivity index (χ3v) is 4.27. The first kappa shape index (κ1) is 13.8. The third kappa shape index (κ3) is 3.49. The summed E-state index contributed by atoms with van der Waals surface area (Å²) < 4.78 is 0. The van der Waals surface area contributed by atoms with Gasteiger partial charge >= 0.3 is 0 Å². The quantitative estimate of drug-likeness (QED) is 0.681. The molecule has 0 unspecified atom stereocenters. The van der Waals surface area contributed by atoms with E-state index in [0.717, 1.165) is 36.9 Å². The lowest BCUT2D eigenvalue weighted by Gasteiger charge is -2.35. The van der Waals surface area contributed by atoms with Crippen molar-refractivity contribution in [1.29, 1.82) is 0 Å². The van der Waals surface area contributed by atoms with Gasteiger partial charge in [-0.1, -0.05) is 6.07 Å². The molecule has 1 fully saturated rings. The SMILES string of the molecule is NC(=NCc1cccnc1)N1CCN(c2nccs2)CC1. The average Bonchev–Trinajstić information content (AvgIpc) is 3.08. The van der Waals surface area contributed by atoms with E-state index in [0.29, 0.717) is 12.5 Å². The zero-order valence-corrected chi connectivity index (χ0v) is 12.5. The molecule has 1 aliphatic rings. The van der Waals surface area contributed by atoms with E-state index in [9.17, 15) is 0 Å². The molecule has 3 rings (SSSR count). The number of thiazole rings is 1. The Morgan fingerprint density at radius 1 is 1.29 bits per heavy atom. The van der Waals surface area contributed by atoms with Crippen molar-refractivity contribution in [3.8, 4) is 0 Å². The minimum atomic E-state index is 0.576. The molecule has 2 N–H and O–H groups in total. The highest BCUT2D eigenvalue weighted by atomic mass is 32.1. The van der Waals surface area contributed by atoms with E-state index in [1.165, 1.54) is 0 Å². The van der Waals surface area contributed by atoms with Crippen LogP contribution in [0.25, 0.3) is 0 Å². The number of rotatable bonds is 3. The predicted octanol–water partition coefficient (Wildman–Crippen LogP) is 1.17. The van der Waals surface area contributed by atoms with Crippen LogP contribution in [0.1, 0.15) is 5.56 Å². The van der Waals surface area contributed by atoms with Crippen LogP contribution in [-0.2, 0) is 6.54 Å². The summed E-state index contributed by atoms with van der Waals surface area (Å²) in [5.41, 5.74) is 7.16. The van der Waals surface area contributed by atoms with Crippen molar-refractivity contribution in [1.82, 2.24) is 14.9 Å². The topological polar surface area (TPSA) is 70.6 Å². The minimum Gasteiger partial charge on any atom is -0.370 e. The Balaban J connectivity index is 1.54. The van der Waals surface area contributed by atoms with Crippen molar-refractivity contribution >= 4 is 22.4 Å². The van der Waals surface area contributed by atoms with E-state index < -0.39 is 0 Å². The summed E-state index contributed by atoms with van der Waals surface area (Å²) in [7, 11) is 0. The van der Waals surface area contributed by atoms with Crippen LogP contribution >= 0.6 is 11.3 Å². The van der Waals surface area contributed by atoms with Gasteiger partial charge in [0, 0.05) is 50.1 Å². The van der Waals surface area contributed by atoms with Crippen LogP contribution in [0.3, 0.4) is 0 Å². The van der Waals surface area contributed by atoms with Gasteiger partial charge in [-0.05, 0) is 11.6 Å². The first-order chi connectivity index (χ1) is 10.3. The lowest BCUT2D eigenvalue weighted by Crippen LogP contribution is -2.51. The Kier molecular flexibility index (Phi) is 4.30. The summed E-state index contributed by atoms with van der Waals surface area (Å²) in [4.78, 5) is 17.3. The highest BCUT2D eigenvalue weighted by molar-refractivity contribution is 7.13. The molecule has 6 nitrogen and oxygen atoms in total. The van der Waals surface area contributed by atoms with Gasteiger partial charge in [0.25, 0.3) is 0 Å². The molecule has 1 aliphatic heterocycles. The zero-order valence-electron chi connectivity index (χ0n) is 11.7. The Labute approximate surface area is 128 Å². The van der Waals surface area contributed by atoms with E-state index in [2.05, 4.69) is 24.8 Å². The van der Waals surface area contributed by atoms with E-state index in [1.807, 2.05) is 29.9 Å². The highest BCUT2D eigenvalue weighted by Crippen LogP contribution is 2.18. The summed E-state index contributed by atoms with van der Waals surface area (Å²) in [5, 5.41) is 3.09. The molecule has 0 spiro atoms. The third-order valence-electron chi connectivity index (χ3n) is 3.44. The summed E-state index contributed by atoms with van der Waals surface area (Å²) in [6, 6.07) is 3.91. The number of anilines is 1. The largest absolute Gasteiger partial charge is 0.370 e. The number of aliphatic imine (C=N–C) groups is 1. The van der Waals surface area contributed by atoms with Gasteiger partial charge in [-0.2, -0.15) is 0 Å². The Bertz CT molecular complexity index is 575. The fourth-order valence-electron chi connectivity index (χ4n) is 2.26. The normalized spacial score (nSPS) is 16.3. The molecular weight excluding hydrogens is 284 g/mol. The average molecular weight is 302 g/mol. The van der Waals surface area contributed by atoms with Gasteiger partial charge in [0.2, 0.25) is 0 Å². The predicted molar refractivity (Wildman–Crippen MR) is 85.5 cm³/mol. The first-order valence-corrected chi connectivity index (χ1v) is 7.79. The molecule has 7 heteroatoms. The molecule has 2 aromatic rings. The molecule has 1 saturated heterocycles. The molecule has 0 radical (unpaired) electrons. The maximum Gasteiger partial charge on any atom is 0.191 e. The van der Waals surface area contributed by atoms with Crippen molar-refractivity contribution in [3.63, 3.8) is 0 Å². The summed E-state index contributed by atoms with van der Waals surface area (Å²) in [6.07, 6.45) is 5.42. The van der Waals surface area contributed by atoms with Crippen LogP contribution in [-0.4, -0.2) is 47.0 Å². The van der Waals surface area contributed by atoms with Crippen molar-refractivity contribution in [3.05, 3.63) is 41.7 Å². The fourth-order valence-corrected chi connectivity index (χ4v) is 2.96. The van der Waals surface area contributed by atoms with Gasteiger partial charge in [-0.25, -0.2) is 9.98 Å². The summed E-state index contributed by atoms with van der Waals surface area (Å²) in [5.74, 6) is 0.609. The molecule has 2 aromatic heterocycles. The Hall–Kier alpha value is -2.15. The molecular formula is C14H18N6S. The van der Waals surface area contributed by atoms with Crippen LogP contribution in [0.4, 0.5) is 5.13 Å². The molecule has 0 atom stereocenters. The first-order valence-electron chi connectivity index (χ1n) is 6.91. The van der Waals surface area contributed by atoms with Crippen molar-refractivity contribution < 1.29 is 0 Å². The minimum absolute atomic E-state index is 0.576. The van der Waals surface area contributed by atoms with E-state index >= 15 is 0 Å². The van der Waals surface area contributed by atoms with Crippen molar-refractivity contribution in [2.75, 3.05) is 31.1 Å². The lowest BCUT2D eigenvalue weighted by molar-refractivity contribution is 0.380. The number of nitrogens with two attached hydrogens (primary N) is 1. The number of aromatic nitrogens is 2. The van der Waals surface area contributed by atoms with Gasteiger partial charge < -0.3 is 15.5 Å². The van der Waals surface area contributed by atoms with Crippen molar-refractivity contribution in [2.24, 2.45) is 10.7 Å². The summed E-state index contributed by atoms with van der Waals surface area (Å²) in [6.45, 7) is 4.18. The Morgan fingerprint density at radius 2 is 2.14 bits per heavy atom. The second-order valence-corrected chi connectivity index (χ2v) is 5.70. The number of nitrogens with zero attached hydrogens (tertiary/aromatic N) is 5. The van der Waals surface area contributed by atoms with Crippen LogP contribution in [0, 0.1) is 0 Å². The fraction of sp³-hybridized carbons (Fsp3) is 0.357. The smallest absolute Gasteiger partial charge is 0.191 e. The van der Waals surface area contributed by atoms with Crippen LogP contribution in [0.5, 0.6) is 0 Å². The molecule has 0 amide bonds. The molecule has 0 bridgehead atoms. The number of guanidine groups is 1. The maximum atomic E-state index is 6.08. The van der Waals surface area contributed by atoms with Gasteiger partial charge in [0.05, 0.1) is 6.54 Å².